The predicted molar refractivity (Wildman–Crippen MR) is 96.4 cm³/mol. The van der Waals surface area contributed by atoms with Gasteiger partial charge < -0.3 is 19.2 Å². The number of amides is 1. The minimum Gasteiger partial charge on any atom is -0.480 e. The lowest BCUT2D eigenvalue weighted by atomic mass is 10.1. The minimum atomic E-state index is -0.882. The molecule has 1 N–H and O–H groups in total. The number of likely N-dealkylation sites (N-methyl/N-ethyl adjacent to an activating group) is 1. The lowest BCUT2D eigenvalue weighted by Crippen LogP contribution is -2.49. The van der Waals surface area contributed by atoms with Crippen LogP contribution in [0.15, 0.2) is 28.9 Å². The number of benzene rings is 1. The third kappa shape index (κ3) is 4.05. The van der Waals surface area contributed by atoms with Crippen molar-refractivity contribution >= 4 is 22.8 Å². The Morgan fingerprint density at radius 1 is 1.38 bits per heavy atom. The lowest BCUT2D eigenvalue weighted by Gasteiger charge is -2.34. The van der Waals surface area contributed by atoms with Gasteiger partial charge in [0.15, 0.2) is 0 Å². The van der Waals surface area contributed by atoms with Crippen LogP contribution in [0.5, 0.6) is 0 Å². The van der Waals surface area contributed by atoms with E-state index in [0.29, 0.717) is 37.4 Å². The number of carbonyl (C=O) groups is 2. The first kappa shape index (κ1) is 18.4. The Kier molecular flexibility index (Phi) is 5.58. The molecule has 0 radical (unpaired) electrons. The fourth-order valence-corrected chi connectivity index (χ4v) is 3.29. The molecule has 1 aliphatic rings. The molecule has 1 aromatic carbocycles. The Morgan fingerprint density at radius 3 is 2.92 bits per heavy atom. The van der Waals surface area contributed by atoms with E-state index in [2.05, 4.69) is 6.92 Å². The van der Waals surface area contributed by atoms with Crippen LogP contribution in [0.2, 0.25) is 0 Å². The summed E-state index contributed by atoms with van der Waals surface area (Å²) in [5, 5.41) is 9.70. The first-order chi connectivity index (χ1) is 12.5. The highest BCUT2D eigenvalue weighted by atomic mass is 16.5. The molecule has 1 aromatic heterocycles. The van der Waals surface area contributed by atoms with E-state index < -0.39 is 5.97 Å². The molecule has 1 atom stereocenters. The monoisotopic (exact) mass is 360 g/mol. The van der Waals surface area contributed by atoms with Crippen molar-refractivity contribution in [1.29, 1.82) is 0 Å². The van der Waals surface area contributed by atoms with Crippen LogP contribution in [0.3, 0.4) is 0 Å². The van der Waals surface area contributed by atoms with Gasteiger partial charge in [-0.3, -0.25) is 14.5 Å². The molecule has 0 saturated carbocycles. The number of carboxylic acids is 1. The molecule has 3 rings (SSSR count). The number of fused-ring (bicyclic) bond motifs is 1. The topological polar surface area (TPSA) is 83.2 Å². The zero-order chi connectivity index (χ0) is 18.7. The Bertz CT molecular complexity index is 800. The molecule has 2 heterocycles. The van der Waals surface area contributed by atoms with Crippen molar-refractivity contribution in [2.75, 3.05) is 39.8 Å². The molecule has 7 heteroatoms. The Hall–Kier alpha value is -2.38. The quantitative estimate of drug-likeness (QED) is 0.847. The van der Waals surface area contributed by atoms with E-state index in [4.69, 9.17) is 14.3 Å². The number of nitrogens with zero attached hydrogens (tertiary/aromatic N) is 2. The van der Waals surface area contributed by atoms with Crippen LogP contribution in [0.25, 0.3) is 11.0 Å². The first-order valence-electron chi connectivity index (χ1n) is 8.79. The van der Waals surface area contributed by atoms with Gasteiger partial charge >= 0.3 is 5.97 Å². The summed E-state index contributed by atoms with van der Waals surface area (Å²) in [4.78, 5) is 27.2. The van der Waals surface area contributed by atoms with Gasteiger partial charge in [-0.05, 0) is 31.2 Å². The summed E-state index contributed by atoms with van der Waals surface area (Å²) in [6.07, 6.45) is 2.21. The zero-order valence-electron chi connectivity index (χ0n) is 15.1. The van der Waals surface area contributed by atoms with Gasteiger partial charge in [-0.1, -0.05) is 13.0 Å². The molecule has 0 aliphatic carbocycles. The number of morpholine rings is 1. The van der Waals surface area contributed by atoms with E-state index >= 15 is 0 Å². The van der Waals surface area contributed by atoms with Crippen molar-refractivity contribution in [2.45, 2.75) is 19.4 Å². The molecule has 1 unspecified atom stereocenters. The molecule has 1 saturated heterocycles. The number of carboxylic acid groups (broad SMARTS) is 1. The number of hydrogen-bond donors (Lipinski definition) is 1. The molecule has 0 bridgehead atoms. The maximum Gasteiger partial charge on any atom is 0.317 e. The standard InChI is InChI=1S/C19H24N2O5/c1-3-13-4-5-17-15(8-13)16(12-26-17)19(24)21-6-7-25-14(10-21)9-20(2)11-18(22)23/h4-5,8,12,14H,3,6-7,9-11H2,1-2H3,(H,22,23). The maximum absolute atomic E-state index is 13.0. The molecule has 0 spiro atoms. The second-order valence-electron chi connectivity index (χ2n) is 6.67. The predicted octanol–water partition coefficient (Wildman–Crippen LogP) is 1.85. The number of aliphatic carboxylic acids is 1. The van der Waals surface area contributed by atoms with E-state index in [0.717, 1.165) is 17.4 Å². The number of carbonyl (C=O) groups excluding carboxylic acids is 1. The molecule has 26 heavy (non-hydrogen) atoms. The van der Waals surface area contributed by atoms with Gasteiger partial charge in [-0.15, -0.1) is 0 Å². The van der Waals surface area contributed by atoms with Crippen molar-refractivity contribution in [3.05, 3.63) is 35.6 Å². The van der Waals surface area contributed by atoms with Gasteiger partial charge in [0, 0.05) is 25.0 Å². The van der Waals surface area contributed by atoms with E-state index in [1.165, 1.54) is 6.26 Å². The number of hydrogen-bond acceptors (Lipinski definition) is 5. The highest BCUT2D eigenvalue weighted by Crippen LogP contribution is 2.25. The van der Waals surface area contributed by atoms with Gasteiger partial charge in [-0.2, -0.15) is 0 Å². The largest absolute Gasteiger partial charge is 0.480 e. The van der Waals surface area contributed by atoms with Gasteiger partial charge in [-0.25, -0.2) is 0 Å². The smallest absolute Gasteiger partial charge is 0.317 e. The third-order valence-corrected chi connectivity index (χ3v) is 4.62. The number of furan rings is 1. The van der Waals surface area contributed by atoms with Crippen molar-refractivity contribution in [3.8, 4) is 0 Å². The summed E-state index contributed by atoms with van der Waals surface area (Å²) in [6.45, 7) is 3.86. The van der Waals surface area contributed by atoms with Crippen LogP contribution < -0.4 is 0 Å². The summed E-state index contributed by atoms with van der Waals surface area (Å²) < 4.78 is 11.2. The van der Waals surface area contributed by atoms with Crippen molar-refractivity contribution < 1.29 is 23.8 Å². The van der Waals surface area contributed by atoms with Crippen molar-refractivity contribution in [1.82, 2.24) is 9.80 Å². The summed E-state index contributed by atoms with van der Waals surface area (Å²) in [7, 11) is 1.73. The average Bonchev–Trinajstić information content (AvgIpc) is 3.03. The molecule has 1 aliphatic heterocycles. The summed E-state index contributed by atoms with van der Waals surface area (Å²) in [6, 6.07) is 5.90. The summed E-state index contributed by atoms with van der Waals surface area (Å²) >= 11 is 0. The van der Waals surface area contributed by atoms with Crippen LogP contribution >= 0.6 is 0 Å². The van der Waals surface area contributed by atoms with Crippen LogP contribution in [0.4, 0.5) is 0 Å². The zero-order valence-corrected chi connectivity index (χ0v) is 15.1. The third-order valence-electron chi connectivity index (χ3n) is 4.62. The van der Waals surface area contributed by atoms with Crippen molar-refractivity contribution in [3.63, 3.8) is 0 Å². The molecule has 140 valence electrons. The van der Waals surface area contributed by atoms with E-state index in [1.54, 1.807) is 16.8 Å². The Balaban J connectivity index is 1.72. The fourth-order valence-electron chi connectivity index (χ4n) is 3.29. The molecular formula is C19H24N2O5. The number of ether oxygens (including phenoxy) is 1. The molecule has 2 aromatic rings. The Morgan fingerprint density at radius 2 is 2.19 bits per heavy atom. The van der Waals surface area contributed by atoms with E-state index in [1.807, 2.05) is 18.2 Å². The summed E-state index contributed by atoms with van der Waals surface area (Å²) in [5.74, 6) is -0.959. The van der Waals surface area contributed by atoms with Crippen LogP contribution in [0, 0.1) is 0 Å². The van der Waals surface area contributed by atoms with Crippen molar-refractivity contribution in [2.24, 2.45) is 0 Å². The van der Waals surface area contributed by atoms with Gasteiger partial charge in [0.1, 0.15) is 11.8 Å². The van der Waals surface area contributed by atoms with Crippen LogP contribution in [-0.4, -0.2) is 72.7 Å². The highest BCUT2D eigenvalue weighted by molar-refractivity contribution is 6.06. The Labute approximate surface area is 152 Å². The average molecular weight is 360 g/mol. The van der Waals surface area contributed by atoms with Gasteiger partial charge in [0.05, 0.1) is 24.8 Å². The second kappa shape index (κ2) is 7.88. The fraction of sp³-hybridized carbons (Fsp3) is 0.474. The van der Waals surface area contributed by atoms with Gasteiger partial charge in [0.25, 0.3) is 5.91 Å². The van der Waals surface area contributed by atoms with E-state index in [9.17, 15) is 9.59 Å². The number of rotatable bonds is 6. The molecular weight excluding hydrogens is 336 g/mol. The van der Waals surface area contributed by atoms with Crippen LogP contribution in [-0.2, 0) is 16.0 Å². The number of aryl methyl sites for hydroxylation is 1. The summed E-state index contributed by atoms with van der Waals surface area (Å²) in [5.41, 5.74) is 2.43. The minimum absolute atomic E-state index is 0.0556. The molecule has 1 amide bonds. The van der Waals surface area contributed by atoms with E-state index in [-0.39, 0.29) is 18.6 Å². The maximum atomic E-state index is 13.0. The second-order valence-corrected chi connectivity index (χ2v) is 6.67. The molecule has 1 fully saturated rings. The highest BCUT2D eigenvalue weighted by Gasteiger charge is 2.28. The normalized spacial score (nSPS) is 17.8. The van der Waals surface area contributed by atoms with Crippen LogP contribution in [0.1, 0.15) is 22.8 Å². The SMILES string of the molecule is CCc1ccc2occ(C(=O)N3CCOC(CN(C)CC(=O)O)C3)c2c1. The van der Waals surface area contributed by atoms with Gasteiger partial charge in [0.2, 0.25) is 0 Å². The molecule has 7 nitrogen and oxygen atoms in total. The first-order valence-corrected chi connectivity index (χ1v) is 8.79. The lowest BCUT2D eigenvalue weighted by molar-refractivity contribution is -0.138.